The molecule has 1 aromatic rings. The van der Waals surface area contributed by atoms with E-state index in [9.17, 15) is 0 Å². The molecule has 0 aromatic heterocycles. The Morgan fingerprint density at radius 1 is 0.889 bits per heavy atom. The van der Waals surface area contributed by atoms with E-state index in [1.54, 1.807) is 5.56 Å². The highest BCUT2D eigenvalue weighted by molar-refractivity contribution is 5.39. The van der Waals surface area contributed by atoms with Crippen molar-refractivity contribution in [3.63, 3.8) is 0 Å². The second kappa shape index (κ2) is 5.47. The van der Waals surface area contributed by atoms with Crippen molar-refractivity contribution in [1.29, 1.82) is 0 Å². The SMILES string of the molecule is CCCCc1cc(C(C)(C)C)ccc1C(C)(C)C. The lowest BCUT2D eigenvalue weighted by Gasteiger charge is -2.27. The molecule has 0 aliphatic heterocycles. The topological polar surface area (TPSA) is 0 Å². The first-order chi connectivity index (χ1) is 8.16. The minimum absolute atomic E-state index is 0.247. The van der Waals surface area contributed by atoms with Crippen molar-refractivity contribution in [2.45, 2.75) is 78.6 Å². The molecule has 0 aliphatic carbocycles. The lowest BCUT2D eigenvalue weighted by atomic mass is 9.78. The van der Waals surface area contributed by atoms with E-state index in [0.717, 1.165) is 0 Å². The van der Waals surface area contributed by atoms with Gasteiger partial charge >= 0.3 is 0 Å². The first-order valence-corrected chi connectivity index (χ1v) is 7.30. The molecular formula is C18H30. The van der Waals surface area contributed by atoms with Gasteiger partial charge in [-0.05, 0) is 40.4 Å². The summed E-state index contributed by atoms with van der Waals surface area (Å²) in [7, 11) is 0. The van der Waals surface area contributed by atoms with Crippen molar-refractivity contribution in [3.8, 4) is 0 Å². The summed E-state index contributed by atoms with van der Waals surface area (Å²) in [5, 5.41) is 0. The van der Waals surface area contributed by atoms with Gasteiger partial charge in [0.2, 0.25) is 0 Å². The van der Waals surface area contributed by atoms with Crippen LogP contribution in [0, 0.1) is 0 Å². The number of unbranched alkanes of at least 4 members (excludes halogenated alkanes) is 1. The van der Waals surface area contributed by atoms with E-state index in [0.29, 0.717) is 0 Å². The minimum atomic E-state index is 0.247. The molecule has 0 saturated carbocycles. The van der Waals surface area contributed by atoms with E-state index in [1.807, 2.05) is 0 Å². The summed E-state index contributed by atoms with van der Waals surface area (Å²) < 4.78 is 0. The number of rotatable bonds is 3. The first kappa shape index (κ1) is 15.3. The molecule has 0 radical (unpaired) electrons. The lowest BCUT2D eigenvalue weighted by molar-refractivity contribution is 0.567. The summed E-state index contributed by atoms with van der Waals surface area (Å²) in [5.74, 6) is 0. The molecule has 0 nitrogen and oxygen atoms in total. The van der Waals surface area contributed by atoms with Gasteiger partial charge in [-0.1, -0.05) is 73.1 Å². The van der Waals surface area contributed by atoms with Crippen molar-refractivity contribution < 1.29 is 0 Å². The molecule has 102 valence electrons. The molecular weight excluding hydrogens is 216 g/mol. The molecule has 0 amide bonds. The fourth-order valence-corrected chi connectivity index (χ4v) is 2.37. The maximum absolute atomic E-state index is 2.44. The fraction of sp³-hybridized carbons (Fsp3) is 0.667. The van der Waals surface area contributed by atoms with Crippen LogP contribution in [0.15, 0.2) is 18.2 Å². The van der Waals surface area contributed by atoms with E-state index < -0.39 is 0 Å². The lowest BCUT2D eigenvalue weighted by Crippen LogP contribution is -2.17. The van der Waals surface area contributed by atoms with Gasteiger partial charge in [-0.2, -0.15) is 0 Å². The predicted octanol–water partition coefficient (Wildman–Crippen LogP) is 5.62. The van der Waals surface area contributed by atoms with E-state index >= 15 is 0 Å². The molecule has 0 fully saturated rings. The molecule has 0 aliphatic rings. The molecule has 0 heterocycles. The van der Waals surface area contributed by atoms with Gasteiger partial charge in [0.25, 0.3) is 0 Å². The fourth-order valence-electron chi connectivity index (χ4n) is 2.37. The quantitative estimate of drug-likeness (QED) is 0.649. The van der Waals surface area contributed by atoms with E-state index in [2.05, 4.69) is 66.7 Å². The predicted molar refractivity (Wildman–Crippen MR) is 82.5 cm³/mol. The van der Waals surface area contributed by atoms with Crippen molar-refractivity contribution in [1.82, 2.24) is 0 Å². The van der Waals surface area contributed by atoms with Crippen LogP contribution in [0.25, 0.3) is 0 Å². The Balaban J connectivity index is 3.21. The van der Waals surface area contributed by atoms with Crippen molar-refractivity contribution in [2.24, 2.45) is 0 Å². The van der Waals surface area contributed by atoms with Gasteiger partial charge in [-0.25, -0.2) is 0 Å². The molecule has 0 atom stereocenters. The van der Waals surface area contributed by atoms with Crippen molar-refractivity contribution >= 4 is 0 Å². The number of aryl methyl sites for hydroxylation is 1. The Hall–Kier alpha value is -0.780. The summed E-state index contributed by atoms with van der Waals surface area (Å²) in [5.41, 5.74) is 5.03. The number of hydrogen-bond donors (Lipinski definition) is 0. The van der Waals surface area contributed by atoms with Gasteiger partial charge in [0.15, 0.2) is 0 Å². The standard InChI is InChI=1S/C18H30/c1-8-9-10-14-13-15(17(2,3)4)11-12-16(14)18(5,6)7/h11-13H,8-10H2,1-7H3. The van der Waals surface area contributed by atoms with Gasteiger partial charge in [0, 0.05) is 0 Å². The van der Waals surface area contributed by atoms with Crippen LogP contribution in [0.5, 0.6) is 0 Å². The third-order valence-electron chi connectivity index (χ3n) is 3.58. The maximum Gasteiger partial charge on any atom is -0.0129 e. The summed E-state index contributed by atoms with van der Waals surface area (Å²) in [4.78, 5) is 0. The van der Waals surface area contributed by atoms with E-state index in [1.165, 1.54) is 30.4 Å². The summed E-state index contributed by atoms with van der Waals surface area (Å²) >= 11 is 0. The normalized spacial score (nSPS) is 12.8. The Labute approximate surface area is 114 Å². The Bertz CT molecular complexity index is 385. The summed E-state index contributed by atoms with van der Waals surface area (Å²) in [6, 6.07) is 7.11. The summed E-state index contributed by atoms with van der Waals surface area (Å²) in [6.45, 7) is 16.1. The van der Waals surface area contributed by atoms with Crippen LogP contribution >= 0.6 is 0 Å². The van der Waals surface area contributed by atoms with Gasteiger partial charge < -0.3 is 0 Å². The van der Waals surface area contributed by atoms with E-state index in [4.69, 9.17) is 0 Å². The zero-order valence-corrected chi connectivity index (χ0v) is 13.4. The Kier molecular flexibility index (Phi) is 4.64. The average Bonchev–Trinajstić information content (AvgIpc) is 2.23. The monoisotopic (exact) mass is 246 g/mol. The molecule has 18 heavy (non-hydrogen) atoms. The van der Waals surface area contributed by atoms with Crippen LogP contribution in [0.1, 0.15) is 78.0 Å². The Morgan fingerprint density at radius 2 is 1.50 bits per heavy atom. The average molecular weight is 246 g/mol. The third-order valence-corrected chi connectivity index (χ3v) is 3.58. The molecule has 1 aromatic carbocycles. The zero-order valence-electron chi connectivity index (χ0n) is 13.4. The zero-order chi connectivity index (χ0) is 14.0. The van der Waals surface area contributed by atoms with Crippen LogP contribution in [0.3, 0.4) is 0 Å². The van der Waals surface area contributed by atoms with Gasteiger partial charge in [0.05, 0.1) is 0 Å². The highest BCUT2D eigenvalue weighted by Crippen LogP contribution is 2.31. The van der Waals surface area contributed by atoms with Crippen molar-refractivity contribution in [2.75, 3.05) is 0 Å². The highest BCUT2D eigenvalue weighted by Gasteiger charge is 2.20. The molecule has 1 rings (SSSR count). The highest BCUT2D eigenvalue weighted by atomic mass is 14.3. The molecule has 0 N–H and O–H groups in total. The molecule has 0 bridgehead atoms. The third kappa shape index (κ3) is 3.86. The van der Waals surface area contributed by atoms with Gasteiger partial charge in [-0.15, -0.1) is 0 Å². The number of hydrogen-bond acceptors (Lipinski definition) is 0. The van der Waals surface area contributed by atoms with Crippen LogP contribution in [-0.2, 0) is 17.3 Å². The Morgan fingerprint density at radius 3 is 1.94 bits per heavy atom. The molecule has 0 spiro atoms. The van der Waals surface area contributed by atoms with Gasteiger partial charge in [-0.3, -0.25) is 0 Å². The largest absolute Gasteiger partial charge is 0.0654 e. The van der Waals surface area contributed by atoms with Crippen LogP contribution < -0.4 is 0 Å². The minimum Gasteiger partial charge on any atom is -0.0654 e. The first-order valence-electron chi connectivity index (χ1n) is 7.30. The second-order valence-electron chi connectivity index (χ2n) is 7.48. The second-order valence-corrected chi connectivity index (χ2v) is 7.48. The van der Waals surface area contributed by atoms with Gasteiger partial charge in [0.1, 0.15) is 0 Å². The van der Waals surface area contributed by atoms with Crippen molar-refractivity contribution in [3.05, 3.63) is 34.9 Å². The molecule has 0 unspecified atom stereocenters. The maximum atomic E-state index is 2.44. The van der Waals surface area contributed by atoms with Crippen LogP contribution in [0.4, 0.5) is 0 Å². The van der Waals surface area contributed by atoms with E-state index in [-0.39, 0.29) is 10.8 Å². The van der Waals surface area contributed by atoms with Crippen LogP contribution in [-0.4, -0.2) is 0 Å². The smallest absolute Gasteiger partial charge is 0.0129 e. The number of benzene rings is 1. The van der Waals surface area contributed by atoms with Crippen LogP contribution in [0.2, 0.25) is 0 Å². The summed E-state index contributed by atoms with van der Waals surface area (Å²) in [6.07, 6.45) is 3.77. The molecule has 0 saturated heterocycles. The molecule has 0 heteroatoms.